The van der Waals surface area contributed by atoms with Gasteiger partial charge in [0.1, 0.15) is 6.10 Å². The van der Waals surface area contributed by atoms with E-state index in [1.165, 1.54) is 4.31 Å². The van der Waals surface area contributed by atoms with Gasteiger partial charge in [0.2, 0.25) is 10.0 Å². The Morgan fingerprint density at radius 2 is 1.86 bits per heavy atom. The molecule has 0 aliphatic carbocycles. The number of ether oxygens (including phenoxy) is 1. The number of nitrogens with two attached hydrogens (primary N) is 1. The fraction of sp³-hybridized carbons (Fsp3) is 0.350. The molecule has 4 rings (SSSR count). The number of carbonyl (C=O) groups excluding carboxylic acids is 1. The first-order chi connectivity index (χ1) is 13.8. The summed E-state index contributed by atoms with van der Waals surface area (Å²) >= 11 is 1.67. The van der Waals surface area contributed by atoms with Crippen molar-refractivity contribution >= 4 is 39.3 Å². The van der Waals surface area contributed by atoms with Gasteiger partial charge in [-0.1, -0.05) is 30.0 Å². The Morgan fingerprint density at radius 3 is 2.59 bits per heavy atom. The molecule has 1 amide bonds. The van der Waals surface area contributed by atoms with Gasteiger partial charge in [0, 0.05) is 22.9 Å². The van der Waals surface area contributed by atoms with E-state index < -0.39 is 21.4 Å². The molecule has 2 aromatic carbocycles. The SMILES string of the molecule is CC(c1ccc2c(c1)Nc1ccccc1S2)S(=O)(=O)N1CCC(OC(N)=O)CC1. The molecular weight excluding hydrogens is 410 g/mol. The van der Waals surface area contributed by atoms with Crippen LogP contribution in [-0.4, -0.2) is 38.0 Å². The molecule has 1 saturated heterocycles. The number of nitrogens with zero attached hydrogens (tertiary/aromatic N) is 1. The van der Waals surface area contributed by atoms with Gasteiger partial charge in [-0.2, -0.15) is 0 Å². The zero-order chi connectivity index (χ0) is 20.6. The molecule has 2 heterocycles. The average molecular weight is 434 g/mol. The minimum atomic E-state index is -3.53. The highest BCUT2D eigenvalue weighted by atomic mass is 32.2. The van der Waals surface area contributed by atoms with E-state index in [4.69, 9.17) is 10.5 Å². The van der Waals surface area contributed by atoms with E-state index in [9.17, 15) is 13.2 Å². The van der Waals surface area contributed by atoms with Gasteiger partial charge >= 0.3 is 6.09 Å². The molecule has 1 unspecified atom stereocenters. The number of hydrogen-bond acceptors (Lipinski definition) is 6. The number of para-hydroxylation sites is 1. The summed E-state index contributed by atoms with van der Waals surface area (Å²) in [5.74, 6) is 0. The third kappa shape index (κ3) is 4.08. The molecule has 0 saturated carbocycles. The van der Waals surface area contributed by atoms with Crippen LogP contribution in [0.2, 0.25) is 0 Å². The molecule has 9 heteroatoms. The van der Waals surface area contributed by atoms with Gasteiger partial charge < -0.3 is 15.8 Å². The van der Waals surface area contributed by atoms with E-state index in [0.717, 1.165) is 26.7 Å². The number of rotatable bonds is 4. The lowest BCUT2D eigenvalue weighted by molar-refractivity contribution is 0.0739. The summed E-state index contributed by atoms with van der Waals surface area (Å²) in [5.41, 5.74) is 7.74. The topological polar surface area (TPSA) is 102 Å². The van der Waals surface area contributed by atoms with E-state index in [-0.39, 0.29) is 6.10 Å². The number of carbonyl (C=O) groups is 1. The molecule has 2 aromatic rings. The summed E-state index contributed by atoms with van der Waals surface area (Å²) in [6, 6.07) is 13.8. The Labute approximate surface area is 174 Å². The second kappa shape index (κ2) is 7.89. The third-order valence-electron chi connectivity index (χ3n) is 5.34. The first-order valence-corrected chi connectivity index (χ1v) is 11.8. The predicted octanol–water partition coefficient (Wildman–Crippen LogP) is 3.85. The Bertz CT molecular complexity index is 1030. The molecular formula is C20H23N3O4S2. The van der Waals surface area contributed by atoms with Crippen molar-refractivity contribution in [2.75, 3.05) is 18.4 Å². The van der Waals surface area contributed by atoms with Gasteiger partial charge in [0.15, 0.2) is 0 Å². The van der Waals surface area contributed by atoms with Crippen molar-refractivity contribution in [2.45, 2.75) is 40.9 Å². The Kier molecular flexibility index (Phi) is 5.46. The molecule has 0 spiro atoms. The van der Waals surface area contributed by atoms with Gasteiger partial charge in [0.25, 0.3) is 0 Å². The summed E-state index contributed by atoms with van der Waals surface area (Å²) in [7, 11) is -3.53. The highest BCUT2D eigenvalue weighted by Gasteiger charge is 2.34. The monoisotopic (exact) mass is 433 g/mol. The number of hydrogen-bond donors (Lipinski definition) is 2. The Morgan fingerprint density at radius 1 is 1.17 bits per heavy atom. The van der Waals surface area contributed by atoms with Crippen LogP contribution in [0.1, 0.15) is 30.6 Å². The molecule has 0 bridgehead atoms. The van der Waals surface area contributed by atoms with E-state index in [2.05, 4.69) is 11.4 Å². The van der Waals surface area contributed by atoms with Gasteiger partial charge in [0.05, 0.1) is 16.6 Å². The van der Waals surface area contributed by atoms with Crippen LogP contribution in [0.5, 0.6) is 0 Å². The molecule has 7 nitrogen and oxygen atoms in total. The van der Waals surface area contributed by atoms with Crippen LogP contribution in [0.3, 0.4) is 0 Å². The van der Waals surface area contributed by atoms with Gasteiger partial charge in [-0.05, 0) is 49.6 Å². The number of piperidine rings is 1. The lowest BCUT2D eigenvalue weighted by atomic mass is 10.1. The van der Waals surface area contributed by atoms with Crippen molar-refractivity contribution in [3.8, 4) is 0 Å². The molecule has 2 aliphatic rings. The molecule has 1 fully saturated rings. The van der Waals surface area contributed by atoms with E-state index in [0.29, 0.717) is 25.9 Å². The lowest BCUT2D eigenvalue weighted by Crippen LogP contribution is -2.43. The summed E-state index contributed by atoms with van der Waals surface area (Å²) in [4.78, 5) is 13.1. The zero-order valence-corrected chi connectivity index (χ0v) is 17.6. The second-order valence-electron chi connectivity index (χ2n) is 7.20. The molecule has 3 N–H and O–H groups in total. The smallest absolute Gasteiger partial charge is 0.404 e. The van der Waals surface area contributed by atoms with Crippen LogP contribution in [0.15, 0.2) is 52.3 Å². The van der Waals surface area contributed by atoms with Gasteiger partial charge in [-0.15, -0.1) is 0 Å². The number of sulfonamides is 1. The first kappa shape index (κ1) is 20.1. The van der Waals surface area contributed by atoms with Crippen molar-refractivity contribution in [3.05, 3.63) is 48.0 Å². The largest absolute Gasteiger partial charge is 0.446 e. The minimum absolute atomic E-state index is 0.317. The van der Waals surface area contributed by atoms with Crippen molar-refractivity contribution in [3.63, 3.8) is 0 Å². The maximum absolute atomic E-state index is 13.1. The fourth-order valence-corrected chi connectivity index (χ4v) is 6.30. The summed E-state index contributed by atoms with van der Waals surface area (Å²) in [6.07, 6.45) is -0.234. The Balaban J connectivity index is 1.50. The van der Waals surface area contributed by atoms with E-state index in [1.807, 2.05) is 36.4 Å². The normalized spacial score (nSPS) is 18.2. The van der Waals surface area contributed by atoms with Gasteiger partial charge in [-0.25, -0.2) is 17.5 Å². The highest BCUT2D eigenvalue weighted by molar-refractivity contribution is 7.99. The second-order valence-corrected chi connectivity index (χ2v) is 10.5. The average Bonchev–Trinajstić information content (AvgIpc) is 2.71. The van der Waals surface area contributed by atoms with E-state index >= 15 is 0 Å². The number of nitrogens with one attached hydrogen (secondary N) is 1. The quantitative estimate of drug-likeness (QED) is 0.648. The van der Waals surface area contributed by atoms with Crippen LogP contribution in [0, 0.1) is 0 Å². The summed E-state index contributed by atoms with van der Waals surface area (Å²) in [6.45, 7) is 2.35. The lowest BCUT2D eigenvalue weighted by Gasteiger charge is -2.32. The first-order valence-electron chi connectivity index (χ1n) is 9.47. The third-order valence-corrected chi connectivity index (χ3v) is 8.74. The molecule has 154 valence electrons. The summed E-state index contributed by atoms with van der Waals surface area (Å²) < 4.78 is 32.8. The van der Waals surface area contributed by atoms with Crippen molar-refractivity contribution < 1.29 is 17.9 Å². The highest BCUT2D eigenvalue weighted by Crippen LogP contribution is 2.45. The standard InChI is InChI=1S/C20H23N3O4S2/c1-13(29(25,26)23-10-8-15(9-11-23)27-20(21)24)14-6-7-19-17(12-14)22-16-4-2-3-5-18(16)28-19/h2-7,12-13,15,22H,8-11H2,1H3,(H2,21,24). The number of amides is 1. The molecule has 0 radical (unpaired) electrons. The van der Waals surface area contributed by atoms with Crippen LogP contribution in [-0.2, 0) is 14.8 Å². The van der Waals surface area contributed by atoms with E-state index in [1.54, 1.807) is 18.7 Å². The minimum Gasteiger partial charge on any atom is -0.446 e. The number of anilines is 2. The predicted molar refractivity (Wildman–Crippen MR) is 113 cm³/mol. The van der Waals surface area contributed by atoms with Crippen molar-refractivity contribution in [2.24, 2.45) is 5.73 Å². The van der Waals surface area contributed by atoms with Crippen LogP contribution in [0.25, 0.3) is 0 Å². The van der Waals surface area contributed by atoms with Crippen molar-refractivity contribution in [1.82, 2.24) is 4.31 Å². The number of primary amides is 1. The Hall–Kier alpha value is -2.23. The number of fused-ring (bicyclic) bond motifs is 2. The molecule has 0 aromatic heterocycles. The molecule has 1 atom stereocenters. The van der Waals surface area contributed by atoms with Gasteiger partial charge in [-0.3, -0.25) is 0 Å². The number of benzene rings is 2. The van der Waals surface area contributed by atoms with Crippen molar-refractivity contribution in [1.29, 1.82) is 0 Å². The fourth-order valence-electron chi connectivity index (χ4n) is 3.67. The zero-order valence-electron chi connectivity index (χ0n) is 16.0. The maximum atomic E-state index is 13.1. The maximum Gasteiger partial charge on any atom is 0.404 e. The van der Waals surface area contributed by atoms with Crippen LogP contribution in [0.4, 0.5) is 16.2 Å². The summed E-state index contributed by atoms with van der Waals surface area (Å²) in [5, 5.41) is 2.73. The molecule has 29 heavy (non-hydrogen) atoms. The molecule has 2 aliphatic heterocycles. The van der Waals surface area contributed by atoms with Crippen LogP contribution >= 0.6 is 11.8 Å². The van der Waals surface area contributed by atoms with Crippen LogP contribution < -0.4 is 11.1 Å².